The Bertz CT molecular complexity index is 4340. The molecule has 4 fully saturated rings. The van der Waals surface area contributed by atoms with Crippen LogP contribution in [-0.2, 0) is 64.9 Å². The fourth-order valence-corrected chi connectivity index (χ4v) is 20.5. The molecule has 7 aliphatic heterocycles. The number of aliphatic imine (C=N–C) groups is 1. The van der Waals surface area contributed by atoms with Crippen molar-refractivity contribution in [1.82, 2.24) is 20.5 Å². The molecule has 6 aromatic rings. The zero-order valence-corrected chi connectivity index (χ0v) is 55.2. The quantitative estimate of drug-likeness (QED) is 0.0270. The Morgan fingerprint density at radius 3 is 2.65 bits per heavy atom. The van der Waals surface area contributed by atoms with E-state index in [0.717, 1.165) is 137 Å². The van der Waals surface area contributed by atoms with Crippen LogP contribution in [0.15, 0.2) is 131 Å². The number of rotatable bonds is 10. The summed E-state index contributed by atoms with van der Waals surface area (Å²) in [5, 5.41) is 71.2. The predicted octanol–water partition coefficient (Wildman–Crippen LogP) is 11.4. The second kappa shape index (κ2) is 24.6. The second-order valence-electron chi connectivity index (χ2n) is 29.8. The Morgan fingerprint density at radius 2 is 1.77 bits per heavy atom. The number of nitrogens with two attached hydrogens (primary N) is 1. The number of aromatic nitrogens is 1. The van der Waals surface area contributed by atoms with Gasteiger partial charge in [0.2, 0.25) is 0 Å². The number of nitrogens with one attached hydrogen (secondary N) is 3. The predicted molar refractivity (Wildman–Crippen MR) is 371 cm³/mol. The number of aromatic hydroxyl groups is 3. The van der Waals surface area contributed by atoms with Gasteiger partial charge >= 0.3 is 0 Å². The van der Waals surface area contributed by atoms with Crippen molar-refractivity contribution in [3.05, 3.63) is 187 Å². The van der Waals surface area contributed by atoms with E-state index in [-0.39, 0.29) is 77.5 Å². The van der Waals surface area contributed by atoms with Gasteiger partial charge < -0.3 is 65.4 Å². The maximum atomic E-state index is 12.9. The summed E-state index contributed by atoms with van der Waals surface area (Å²) < 4.78 is 31.1. The van der Waals surface area contributed by atoms with E-state index in [9.17, 15) is 25.5 Å². The molecule has 14 atom stereocenters. The van der Waals surface area contributed by atoms with Crippen LogP contribution >= 0.6 is 0 Å². The maximum absolute atomic E-state index is 12.9. The zero-order valence-electron chi connectivity index (χ0n) is 55.2. The zero-order chi connectivity index (χ0) is 65.1. The van der Waals surface area contributed by atoms with Crippen molar-refractivity contribution in [2.24, 2.45) is 52.2 Å². The van der Waals surface area contributed by atoms with Crippen LogP contribution in [0.5, 0.6) is 23.0 Å². The van der Waals surface area contributed by atoms with E-state index in [1.165, 1.54) is 48.8 Å². The topological polar surface area (TPSA) is 217 Å². The molecular formula is C81H90N6O9. The summed E-state index contributed by atoms with van der Waals surface area (Å²) in [6, 6.07) is 27.0. The standard InChI is InChI=1S/C81H90N6O9/c1-83-79(82)84-39-54-32-50-17-14-45(12-13-46-16-26-67(90)53(29-46)30-47-7-5-11-61(89)31-47)15-23-62-64-25-27-71(93-2)85-77(64)86-78-72(62)74(54)96-70(50)38-68(91)49-20-24-63-65(36-49)56(42-88)37-69(92)75(63)94-43-57-35-60(34-55-40-87(78)41-66(55)57)81-59-22-18-48-8-6-9-51(73(48)81)33-52-19-21-58-10-3-4-28-80(58,76(52)81)95-44-59/h5-9,11,16,20,24,26,29,31-32,34-35,37,40-41,45,49-50,52,58-59,68,70-71,74,76-77,85-86,88-92H,3-4,10,12-14,17-19,21-22,25,27-28,30,33,36,38-39,42-44H2,1-2H3,(H3,82,83,84)/t45-,49+,50-,52+,58+,59+,68+,70-,71-,74-,76-,77?,80-,81+/m1/s1. The minimum atomic E-state index is -0.850. The molecule has 0 radical (unpaired) electrons. The maximum Gasteiger partial charge on any atom is 0.188 e. The fraction of sp³-hybridized carbons (Fsp3) is 0.469. The molecule has 1 aromatic heterocycles. The first kappa shape index (κ1) is 61.8. The van der Waals surface area contributed by atoms with Gasteiger partial charge in [0.05, 0.1) is 31.0 Å². The van der Waals surface area contributed by atoms with E-state index < -0.39 is 18.3 Å². The molecule has 15 nitrogen and oxygen atoms in total. The lowest BCUT2D eigenvalue weighted by molar-refractivity contribution is -0.247. The number of aliphatic hydroxyl groups is 2. The number of phenolic OH excluding ortho intramolecular Hbond substituents is 3. The van der Waals surface area contributed by atoms with Crippen LogP contribution in [0.2, 0.25) is 0 Å². The fourth-order valence-electron chi connectivity index (χ4n) is 20.5. The van der Waals surface area contributed by atoms with Crippen LogP contribution in [0.1, 0.15) is 145 Å². The third kappa shape index (κ3) is 10.3. The van der Waals surface area contributed by atoms with E-state index >= 15 is 0 Å². The molecule has 13 aliphatic rings. The first-order valence-corrected chi connectivity index (χ1v) is 35.7. The smallest absolute Gasteiger partial charge is 0.188 e. The van der Waals surface area contributed by atoms with Gasteiger partial charge in [0.1, 0.15) is 42.4 Å². The Hall–Kier alpha value is -7.81. The summed E-state index contributed by atoms with van der Waals surface area (Å²) in [7, 11) is 3.46. The molecule has 498 valence electrons. The average Bonchev–Trinajstić information content (AvgIpc) is 0.715. The van der Waals surface area contributed by atoms with Crippen molar-refractivity contribution in [3.8, 4) is 34.8 Å². The van der Waals surface area contributed by atoms with Crippen molar-refractivity contribution in [2.45, 2.75) is 171 Å². The van der Waals surface area contributed by atoms with Crippen molar-refractivity contribution < 1.29 is 44.5 Å². The molecule has 19 rings (SSSR count). The normalized spacial score (nSPS) is 31.6. The molecule has 6 aliphatic carbocycles. The highest BCUT2D eigenvalue weighted by atomic mass is 16.5. The van der Waals surface area contributed by atoms with Gasteiger partial charge in [-0.3, -0.25) is 10.3 Å². The van der Waals surface area contributed by atoms with Crippen LogP contribution in [0.25, 0.3) is 22.7 Å². The largest absolute Gasteiger partial charge is 0.508 e. The molecular weight excluding hydrogens is 1200 g/mol. The van der Waals surface area contributed by atoms with Gasteiger partial charge in [-0.05, 0) is 205 Å². The van der Waals surface area contributed by atoms with Gasteiger partial charge in [-0.2, -0.15) is 0 Å². The summed E-state index contributed by atoms with van der Waals surface area (Å²) in [6.07, 6.45) is 24.5. The van der Waals surface area contributed by atoms with Crippen molar-refractivity contribution in [3.63, 3.8) is 0 Å². The van der Waals surface area contributed by atoms with Crippen molar-refractivity contribution >= 4 is 28.6 Å². The molecule has 96 heavy (non-hydrogen) atoms. The number of benzene rings is 5. The monoisotopic (exact) mass is 1290 g/mol. The molecule has 0 amide bonds. The van der Waals surface area contributed by atoms with E-state index in [2.05, 4.69) is 98.3 Å². The van der Waals surface area contributed by atoms with E-state index in [4.69, 9.17) is 24.7 Å². The highest BCUT2D eigenvalue weighted by Crippen LogP contribution is 2.69. The Morgan fingerprint density at radius 1 is 0.875 bits per heavy atom. The number of methoxy groups -OCH3 is 1. The highest BCUT2D eigenvalue weighted by Gasteiger charge is 2.69. The van der Waals surface area contributed by atoms with Crippen molar-refractivity contribution in [2.75, 3.05) is 27.3 Å². The van der Waals surface area contributed by atoms with Gasteiger partial charge in [-0.1, -0.05) is 91.4 Å². The number of piperidine rings is 1. The number of hydrogen-bond donors (Lipinski definition) is 9. The first-order chi connectivity index (χ1) is 46.9. The number of guanidine groups is 1. The molecule has 2 saturated carbocycles. The molecule has 10 bridgehead atoms. The summed E-state index contributed by atoms with van der Waals surface area (Å²) in [5.74, 6) is 10.9. The van der Waals surface area contributed by atoms with Crippen LogP contribution in [0, 0.1) is 53.3 Å². The van der Waals surface area contributed by atoms with Crippen LogP contribution in [0.3, 0.4) is 0 Å². The molecule has 15 heteroatoms. The van der Waals surface area contributed by atoms with Gasteiger partial charge in [-0.25, -0.2) is 0 Å². The molecule has 5 aromatic carbocycles. The minimum absolute atomic E-state index is 0.0265. The lowest BCUT2D eigenvalue weighted by Crippen LogP contribution is -2.70. The number of dihydropyridines is 1. The number of ether oxygens (including phenoxy) is 4. The van der Waals surface area contributed by atoms with Gasteiger partial charge in [-0.15, -0.1) is 0 Å². The van der Waals surface area contributed by atoms with Gasteiger partial charge in [0.15, 0.2) is 17.5 Å². The van der Waals surface area contributed by atoms with Crippen molar-refractivity contribution in [1.29, 1.82) is 0 Å². The lowest BCUT2D eigenvalue weighted by atomic mass is 9.39. The number of phenols is 3. The van der Waals surface area contributed by atoms with Crippen LogP contribution in [-0.4, -0.2) is 99.7 Å². The van der Waals surface area contributed by atoms with Gasteiger partial charge in [0, 0.05) is 103 Å². The van der Waals surface area contributed by atoms with E-state index in [1.54, 1.807) is 44.0 Å². The lowest BCUT2D eigenvalue weighted by Gasteiger charge is -2.69. The molecule has 8 heterocycles. The number of aliphatic hydroxyl groups excluding tert-OH is 2. The number of fused-ring (bicyclic) bond motifs is 6. The third-order valence-corrected chi connectivity index (χ3v) is 24.9. The first-order valence-electron chi connectivity index (χ1n) is 35.7. The number of aryl methyl sites for hydroxylation is 2. The Kier molecular flexibility index (Phi) is 15.8. The second-order valence-corrected chi connectivity index (χ2v) is 29.8. The Labute approximate surface area is 562 Å². The number of hydrogen-bond acceptors (Lipinski definition) is 12. The minimum Gasteiger partial charge on any atom is -0.508 e. The molecule has 2 saturated heterocycles. The van der Waals surface area contributed by atoms with Gasteiger partial charge in [0.25, 0.3) is 0 Å². The van der Waals surface area contributed by atoms with Crippen LogP contribution in [0.4, 0.5) is 0 Å². The van der Waals surface area contributed by atoms with Crippen LogP contribution < -0.4 is 26.4 Å². The SMILES string of the molecule is CN=C(N)NCC1=C[C@H]2CC[C@@H](CCc3ccc(O)c(Cc4cccc(O)c4)c3)C#CC3=C4CC[C@@H](OC)NC4NC4=C3[C@@H]1O[C@@H]2C[C@H](O)[C@H]1C=Cc2c(c(CO)cc(O)c2OCc2cc([C@]35c6c7cccc6C[C@@H]6CC[C@@H]8CCCC[C@]8(OC[C@@H]3CC7)[C@@H]65)cc3cn4cc23)C1. The summed E-state index contributed by atoms with van der Waals surface area (Å²) in [4.78, 5) is 4.36. The van der Waals surface area contributed by atoms with E-state index in [0.29, 0.717) is 67.3 Å². The summed E-state index contributed by atoms with van der Waals surface area (Å²) >= 11 is 0. The number of nitrogens with zero attached hydrogens (tertiary/aromatic N) is 2. The third-order valence-electron chi connectivity index (χ3n) is 24.9. The summed E-state index contributed by atoms with van der Waals surface area (Å²) in [6.45, 7) is 0.960. The molecule has 1 unspecified atom stereocenters. The molecule has 10 N–H and O–H groups in total. The average molecular weight is 1290 g/mol. The molecule has 1 spiro atoms. The summed E-state index contributed by atoms with van der Waals surface area (Å²) in [5.41, 5.74) is 21.9. The Balaban J connectivity index is 0.885. The van der Waals surface area contributed by atoms with E-state index in [1.807, 2.05) is 24.3 Å². The highest BCUT2D eigenvalue weighted by molar-refractivity contribution is 5.89.